The van der Waals surface area contributed by atoms with Crippen molar-refractivity contribution in [1.29, 1.82) is 0 Å². The molecule has 38 heavy (non-hydrogen) atoms. The summed E-state index contributed by atoms with van der Waals surface area (Å²) in [6, 6.07) is 19.5. The number of carbonyl (C=O) groups is 4. The molecule has 2 amide bonds. The molecule has 0 unspecified atom stereocenters. The van der Waals surface area contributed by atoms with E-state index in [1.54, 1.807) is 0 Å². The number of carbonyl (C=O) groups excluding carboxylic acids is 4. The number of Topliss-reactive ketones (excluding diaryl/α,β-unsaturated/α-hetero) is 1. The standard InChI is InChI=1S/C29H20Cl2FNO5/c30-28-18-5-1-2-6-19(18)29(31,21-8-4-3-7-20(21)28)25-24(28)26(36)33(27(25)37)14-13-23(35)38-15-22(34)16-9-11-17(32)12-10-16/h1-12,24-25H,13-15H2/t24-,25-,28?,29?/m0/s1. The highest BCUT2D eigenvalue weighted by atomic mass is 35.5. The Morgan fingerprint density at radius 3 is 1.68 bits per heavy atom. The lowest BCUT2D eigenvalue weighted by molar-refractivity contribution is -0.145. The van der Waals surface area contributed by atoms with Crippen molar-refractivity contribution in [1.82, 2.24) is 4.90 Å². The number of amides is 2. The molecule has 3 aromatic rings. The second-order valence-electron chi connectivity index (χ2n) is 9.64. The molecule has 0 N–H and O–H groups in total. The van der Waals surface area contributed by atoms with Crippen LogP contribution in [0.5, 0.6) is 0 Å². The third-order valence-electron chi connectivity index (χ3n) is 7.75. The van der Waals surface area contributed by atoms with Crippen LogP contribution in [0.4, 0.5) is 4.39 Å². The molecule has 0 saturated carbocycles. The highest BCUT2D eigenvalue weighted by Gasteiger charge is 2.72. The maximum Gasteiger partial charge on any atom is 0.308 e. The summed E-state index contributed by atoms with van der Waals surface area (Å²) in [6.45, 7) is -0.779. The Bertz CT molecular complexity index is 1400. The molecule has 1 aliphatic heterocycles. The Balaban J connectivity index is 1.23. The van der Waals surface area contributed by atoms with Gasteiger partial charge in [0.2, 0.25) is 11.8 Å². The van der Waals surface area contributed by atoms with Crippen molar-refractivity contribution in [2.24, 2.45) is 11.8 Å². The molecule has 1 saturated heterocycles. The van der Waals surface area contributed by atoms with Crippen molar-refractivity contribution in [3.63, 3.8) is 0 Å². The molecule has 2 bridgehead atoms. The fourth-order valence-corrected chi connectivity index (χ4v) is 7.18. The first-order chi connectivity index (χ1) is 18.2. The van der Waals surface area contributed by atoms with Crippen LogP contribution in [-0.2, 0) is 28.9 Å². The number of nitrogens with zero attached hydrogens (tertiary/aromatic N) is 1. The van der Waals surface area contributed by atoms with E-state index >= 15 is 0 Å². The first-order valence-electron chi connectivity index (χ1n) is 12.1. The van der Waals surface area contributed by atoms with E-state index in [4.69, 9.17) is 27.9 Å². The minimum absolute atomic E-state index is 0.197. The van der Waals surface area contributed by atoms with E-state index in [9.17, 15) is 23.6 Å². The SMILES string of the molecule is O=C(CCN1C(=O)[C@@H]2[C@@H](C1=O)C1(Cl)c3ccccc3C2(Cl)c2ccccc21)OCC(=O)c1ccc(F)cc1. The van der Waals surface area contributed by atoms with Gasteiger partial charge in [-0.15, -0.1) is 23.2 Å². The summed E-state index contributed by atoms with van der Waals surface area (Å²) < 4.78 is 18.1. The third kappa shape index (κ3) is 3.31. The van der Waals surface area contributed by atoms with Crippen LogP contribution in [0.25, 0.3) is 0 Å². The van der Waals surface area contributed by atoms with Crippen molar-refractivity contribution >= 4 is 46.8 Å². The largest absolute Gasteiger partial charge is 0.457 e. The van der Waals surface area contributed by atoms with Gasteiger partial charge in [0, 0.05) is 12.1 Å². The molecule has 1 fully saturated rings. The van der Waals surface area contributed by atoms with Crippen LogP contribution < -0.4 is 0 Å². The number of imide groups is 1. The maximum atomic E-state index is 13.7. The van der Waals surface area contributed by atoms with Gasteiger partial charge in [-0.05, 0) is 46.5 Å². The number of rotatable bonds is 6. The molecule has 4 aliphatic rings. The zero-order valence-corrected chi connectivity index (χ0v) is 21.3. The quantitative estimate of drug-likeness (QED) is 0.194. The summed E-state index contributed by atoms with van der Waals surface area (Å²) in [5.41, 5.74) is 2.97. The Labute approximate surface area is 227 Å². The molecule has 1 heterocycles. The van der Waals surface area contributed by atoms with Crippen LogP contribution in [0.2, 0.25) is 0 Å². The predicted octanol–water partition coefficient (Wildman–Crippen LogP) is 4.53. The predicted molar refractivity (Wildman–Crippen MR) is 136 cm³/mol. The van der Waals surface area contributed by atoms with Crippen molar-refractivity contribution in [2.45, 2.75) is 16.2 Å². The van der Waals surface area contributed by atoms with Crippen molar-refractivity contribution < 1.29 is 28.3 Å². The minimum Gasteiger partial charge on any atom is -0.457 e. The maximum absolute atomic E-state index is 13.7. The monoisotopic (exact) mass is 551 g/mol. The number of hydrogen-bond donors (Lipinski definition) is 0. The smallest absolute Gasteiger partial charge is 0.308 e. The average Bonchev–Trinajstić information content (AvgIpc) is 3.19. The Kier molecular flexibility index (Phi) is 5.70. The molecule has 9 heteroatoms. The number of esters is 1. The third-order valence-corrected chi connectivity index (χ3v) is 9.03. The fraction of sp³-hybridized carbons (Fsp3) is 0.241. The molecule has 7 rings (SSSR count). The molecule has 6 nitrogen and oxygen atoms in total. The second kappa shape index (κ2) is 8.75. The number of ether oxygens (including phenoxy) is 1. The molecule has 3 aromatic carbocycles. The van der Waals surface area contributed by atoms with Gasteiger partial charge < -0.3 is 4.74 Å². The van der Waals surface area contributed by atoms with Crippen LogP contribution in [0, 0.1) is 17.7 Å². The molecule has 0 spiro atoms. The molecule has 2 atom stereocenters. The van der Waals surface area contributed by atoms with Crippen LogP contribution in [0.15, 0.2) is 72.8 Å². The molecule has 192 valence electrons. The van der Waals surface area contributed by atoms with Gasteiger partial charge in [0.15, 0.2) is 12.4 Å². The minimum atomic E-state index is -1.29. The molecule has 0 radical (unpaired) electrons. The number of halogens is 3. The first kappa shape index (κ1) is 24.8. The molecular weight excluding hydrogens is 532 g/mol. The van der Waals surface area contributed by atoms with Gasteiger partial charge in [0.05, 0.1) is 18.3 Å². The van der Waals surface area contributed by atoms with Crippen LogP contribution in [0.3, 0.4) is 0 Å². The van der Waals surface area contributed by atoms with Gasteiger partial charge in [-0.1, -0.05) is 48.5 Å². The highest BCUT2D eigenvalue weighted by Crippen LogP contribution is 2.69. The fourth-order valence-electron chi connectivity index (χ4n) is 6.09. The molecule has 0 aromatic heterocycles. The van der Waals surface area contributed by atoms with Gasteiger partial charge in [-0.25, -0.2) is 4.39 Å². The number of likely N-dealkylation sites (tertiary alicyclic amines) is 1. The summed E-state index contributed by atoms with van der Waals surface area (Å²) in [5.74, 6) is -4.65. The lowest BCUT2D eigenvalue weighted by atomic mass is 9.54. The first-order valence-corrected chi connectivity index (χ1v) is 12.8. The van der Waals surface area contributed by atoms with Gasteiger partial charge in [-0.2, -0.15) is 0 Å². The van der Waals surface area contributed by atoms with Gasteiger partial charge >= 0.3 is 5.97 Å². The zero-order valence-electron chi connectivity index (χ0n) is 19.8. The topological polar surface area (TPSA) is 80.8 Å². The summed E-state index contributed by atoms with van der Waals surface area (Å²) in [7, 11) is 0. The summed E-state index contributed by atoms with van der Waals surface area (Å²) >= 11 is 14.7. The normalized spacial score (nSPS) is 26.6. The van der Waals surface area contributed by atoms with E-state index in [0.29, 0.717) is 22.3 Å². The van der Waals surface area contributed by atoms with E-state index < -0.39 is 57.6 Å². The summed E-state index contributed by atoms with van der Waals surface area (Å²) in [6.07, 6.45) is -0.307. The summed E-state index contributed by atoms with van der Waals surface area (Å²) in [5, 5.41) is 0. The Morgan fingerprint density at radius 1 is 0.789 bits per heavy atom. The van der Waals surface area contributed by atoms with E-state index in [0.717, 1.165) is 17.0 Å². The van der Waals surface area contributed by atoms with Crippen LogP contribution in [-0.4, -0.2) is 41.6 Å². The molecule has 3 aliphatic carbocycles. The van der Waals surface area contributed by atoms with Crippen molar-refractivity contribution in [3.8, 4) is 0 Å². The number of hydrogen-bond acceptors (Lipinski definition) is 5. The summed E-state index contributed by atoms with van der Waals surface area (Å²) in [4.78, 5) is 50.5. The van der Waals surface area contributed by atoms with Gasteiger partial charge in [0.25, 0.3) is 0 Å². The highest BCUT2D eigenvalue weighted by molar-refractivity contribution is 6.36. The van der Waals surface area contributed by atoms with Crippen molar-refractivity contribution in [3.05, 3.63) is 106 Å². The van der Waals surface area contributed by atoms with Gasteiger partial charge in [0.1, 0.15) is 15.6 Å². The van der Waals surface area contributed by atoms with Crippen molar-refractivity contribution in [2.75, 3.05) is 13.2 Å². The molecular formula is C29H20Cl2FNO5. The van der Waals surface area contributed by atoms with E-state index in [1.807, 2.05) is 48.5 Å². The van der Waals surface area contributed by atoms with E-state index in [2.05, 4.69) is 0 Å². The van der Waals surface area contributed by atoms with E-state index in [-0.39, 0.29) is 18.5 Å². The van der Waals surface area contributed by atoms with Gasteiger partial charge in [-0.3, -0.25) is 24.1 Å². The lowest BCUT2D eigenvalue weighted by Gasteiger charge is -2.54. The Hall–Kier alpha value is -3.55. The second-order valence-corrected chi connectivity index (χ2v) is 10.8. The van der Waals surface area contributed by atoms with E-state index in [1.165, 1.54) is 12.1 Å². The average molecular weight is 552 g/mol. The van der Waals surface area contributed by atoms with Crippen LogP contribution >= 0.6 is 23.2 Å². The zero-order chi connectivity index (χ0) is 26.8. The van der Waals surface area contributed by atoms with Crippen LogP contribution in [0.1, 0.15) is 39.0 Å². The Morgan fingerprint density at radius 2 is 1.24 bits per heavy atom. The lowest BCUT2D eigenvalue weighted by Crippen LogP contribution is -2.57. The number of ketones is 1. The number of alkyl halides is 2. The number of benzene rings is 3.